The van der Waals surface area contributed by atoms with E-state index in [1.807, 2.05) is 13.8 Å². The van der Waals surface area contributed by atoms with E-state index in [1.165, 1.54) is 0 Å². The molecule has 0 radical (unpaired) electrons. The first kappa shape index (κ1) is 11.7. The number of aryl methyl sites for hydroxylation is 2. The molecule has 0 aliphatic heterocycles. The van der Waals surface area contributed by atoms with Crippen LogP contribution in [-0.2, 0) is 0 Å². The highest BCUT2D eigenvalue weighted by Crippen LogP contribution is 2.28. The fourth-order valence-electron chi connectivity index (χ4n) is 1.69. The van der Waals surface area contributed by atoms with E-state index in [0.29, 0.717) is 5.56 Å². The second-order valence-electron chi connectivity index (χ2n) is 4.02. The van der Waals surface area contributed by atoms with E-state index in [1.54, 1.807) is 18.2 Å². The zero-order chi connectivity index (χ0) is 12.6. The Hall–Kier alpha value is -1.77. The molecule has 0 amide bonds. The largest absolute Gasteiger partial charge is 0.206 e. The lowest BCUT2D eigenvalue weighted by Crippen LogP contribution is -1.95. The summed E-state index contributed by atoms with van der Waals surface area (Å²) in [6, 6.07) is 6.71. The summed E-state index contributed by atoms with van der Waals surface area (Å²) in [5.41, 5.74) is 1.97. The molecule has 0 saturated carbocycles. The molecule has 0 saturated heterocycles. The van der Waals surface area contributed by atoms with Gasteiger partial charge in [-0.2, -0.15) is 0 Å². The maximum atomic E-state index is 13.6. The first-order valence-electron chi connectivity index (χ1n) is 5.22. The maximum absolute atomic E-state index is 13.6. The van der Waals surface area contributed by atoms with E-state index in [-0.39, 0.29) is 5.56 Å². The van der Waals surface area contributed by atoms with E-state index >= 15 is 0 Å². The Balaban J connectivity index is 2.68. The molecule has 2 rings (SSSR count). The van der Waals surface area contributed by atoms with Crippen molar-refractivity contribution in [1.82, 2.24) is 0 Å². The van der Waals surface area contributed by atoms with E-state index in [2.05, 4.69) is 0 Å². The van der Waals surface area contributed by atoms with Gasteiger partial charge in [0, 0.05) is 0 Å². The molecule has 0 bridgehead atoms. The van der Waals surface area contributed by atoms with Crippen molar-refractivity contribution in [3.63, 3.8) is 0 Å². The van der Waals surface area contributed by atoms with Gasteiger partial charge in [0.2, 0.25) is 0 Å². The van der Waals surface area contributed by atoms with Crippen molar-refractivity contribution in [2.75, 3.05) is 0 Å². The summed E-state index contributed by atoms with van der Waals surface area (Å²) >= 11 is 0. The zero-order valence-corrected chi connectivity index (χ0v) is 9.52. The van der Waals surface area contributed by atoms with Gasteiger partial charge in [-0.1, -0.05) is 18.2 Å². The summed E-state index contributed by atoms with van der Waals surface area (Å²) < 4.78 is 40.2. The number of hydrogen-bond donors (Lipinski definition) is 0. The molecule has 0 N–H and O–H groups in total. The molecule has 0 aromatic heterocycles. The third-order valence-electron chi connectivity index (χ3n) is 2.84. The normalized spacial score (nSPS) is 10.6. The number of halogens is 3. The monoisotopic (exact) mass is 236 g/mol. The van der Waals surface area contributed by atoms with Crippen LogP contribution in [0.3, 0.4) is 0 Å². The second kappa shape index (κ2) is 4.24. The summed E-state index contributed by atoms with van der Waals surface area (Å²) in [4.78, 5) is 0. The van der Waals surface area contributed by atoms with Gasteiger partial charge in [-0.05, 0) is 42.7 Å². The van der Waals surface area contributed by atoms with Crippen LogP contribution in [0.5, 0.6) is 0 Å². The van der Waals surface area contributed by atoms with Crippen molar-refractivity contribution in [3.8, 4) is 11.1 Å². The van der Waals surface area contributed by atoms with E-state index in [9.17, 15) is 13.2 Å². The van der Waals surface area contributed by atoms with E-state index in [4.69, 9.17) is 0 Å². The molecular weight excluding hydrogens is 225 g/mol. The molecular formula is C14H11F3. The molecule has 17 heavy (non-hydrogen) atoms. The van der Waals surface area contributed by atoms with Crippen LogP contribution in [0.1, 0.15) is 11.1 Å². The molecule has 0 aliphatic carbocycles. The minimum atomic E-state index is -1.15. The van der Waals surface area contributed by atoms with Gasteiger partial charge in [0.05, 0.1) is 5.56 Å². The van der Waals surface area contributed by atoms with Crippen LogP contribution in [0.4, 0.5) is 13.2 Å². The van der Waals surface area contributed by atoms with Gasteiger partial charge in [-0.25, -0.2) is 13.2 Å². The Labute approximate surface area is 97.7 Å². The molecule has 0 spiro atoms. The average molecular weight is 236 g/mol. The highest BCUT2D eigenvalue weighted by atomic mass is 19.2. The molecule has 0 aliphatic rings. The number of hydrogen-bond acceptors (Lipinski definition) is 0. The molecule has 2 aromatic carbocycles. The summed E-state index contributed by atoms with van der Waals surface area (Å²) in [5, 5.41) is 0. The Kier molecular flexibility index (Phi) is 2.92. The Morgan fingerprint density at radius 1 is 0.765 bits per heavy atom. The van der Waals surface area contributed by atoms with E-state index in [0.717, 1.165) is 23.3 Å². The van der Waals surface area contributed by atoms with E-state index < -0.39 is 17.5 Å². The SMILES string of the molecule is Cc1ccc(-c2c(F)ccc(F)c2F)cc1C. The Bertz CT molecular complexity index is 574. The first-order valence-corrected chi connectivity index (χ1v) is 5.22. The number of rotatable bonds is 1. The number of benzene rings is 2. The highest BCUT2D eigenvalue weighted by molar-refractivity contribution is 5.66. The third kappa shape index (κ3) is 2.05. The quantitative estimate of drug-likeness (QED) is 0.644. The van der Waals surface area contributed by atoms with Gasteiger partial charge in [-0.15, -0.1) is 0 Å². The standard InChI is InChI=1S/C14H11F3/c1-8-3-4-10(7-9(8)2)13-11(15)5-6-12(16)14(13)17/h3-7H,1-2H3. The summed E-state index contributed by atoms with van der Waals surface area (Å²) in [5.74, 6) is -2.94. The summed E-state index contributed by atoms with van der Waals surface area (Å²) in [7, 11) is 0. The molecule has 0 nitrogen and oxygen atoms in total. The van der Waals surface area contributed by atoms with Crippen LogP contribution in [0.25, 0.3) is 11.1 Å². The molecule has 2 aromatic rings. The van der Waals surface area contributed by atoms with Crippen LogP contribution in [-0.4, -0.2) is 0 Å². The van der Waals surface area contributed by atoms with Crippen LogP contribution >= 0.6 is 0 Å². The van der Waals surface area contributed by atoms with Crippen molar-refractivity contribution in [2.45, 2.75) is 13.8 Å². The van der Waals surface area contributed by atoms with Gasteiger partial charge >= 0.3 is 0 Å². The van der Waals surface area contributed by atoms with Crippen molar-refractivity contribution < 1.29 is 13.2 Å². The smallest absolute Gasteiger partial charge is 0.169 e. The third-order valence-corrected chi connectivity index (χ3v) is 2.84. The average Bonchev–Trinajstić information content (AvgIpc) is 2.29. The van der Waals surface area contributed by atoms with Crippen LogP contribution in [0.15, 0.2) is 30.3 Å². The van der Waals surface area contributed by atoms with Gasteiger partial charge in [-0.3, -0.25) is 0 Å². The topological polar surface area (TPSA) is 0 Å². The minimum Gasteiger partial charge on any atom is -0.206 e. The first-order chi connectivity index (χ1) is 8.00. The minimum absolute atomic E-state index is 0.312. The van der Waals surface area contributed by atoms with Crippen LogP contribution in [0, 0.1) is 31.3 Å². The molecule has 0 heterocycles. The highest BCUT2D eigenvalue weighted by Gasteiger charge is 2.15. The lowest BCUT2D eigenvalue weighted by atomic mass is 9.99. The molecule has 0 unspecified atom stereocenters. The molecule has 0 fully saturated rings. The maximum Gasteiger partial charge on any atom is 0.169 e. The Morgan fingerprint density at radius 2 is 1.41 bits per heavy atom. The van der Waals surface area contributed by atoms with Crippen molar-refractivity contribution in [1.29, 1.82) is 0 Å². The van der Waals surface area contributed by atoms with Gasteiger partial charge in [0.25, 0.3) is 0 Å². The lowest BCUT2D eigenvalue weighted by molar-refractivity contribution is 0.499. The van der Waals surface area contributed by atoms with Gasteiger partial charge < -0.3 is 0 Å². The second-order valence-corrected chi connectivity index (χ2v) is 4.02. The fourth-order valence-corrected chi connectivity index (χ4v) is 1.69. The molecule has 88 valence electrons. The van der Waals surface area contributed by atoms with Crippen LogP contribution in [0.2, 0.25) is 0 Å². The van der Waals surface area contributed by atoms with Gasteiger partial charge in [0.15, 0.2) is 11.6 Å². The van der Waals surface area contributed by atoms with Crippen molar-refractivity contribution >= 4 is 0 Å². The zero-order valence-electron chi connectivity index (χ0n) is 9.52. The molecule has 0 atom stereocenters. The molecule has 3 heteroatoms. The van der Waals surface area contributed by atoms with Crippen molar-refractivity contribution in [2.24, 2.45) is 0 Å². The van der Waals surface area contributed by atoms with Gasteiger partial charge in [0.1, 0.15) is 5.82 Å². The van der Waals surface area contributed by atoms with Crippen LogP contribution < -0.4 is 0 Å². The Morgan fingerprint density at radius 3 is 2.06 bits per heavy atom. The predicted molar refractivity (Wildman–Crippen MR) is 61.2 cm³/mol. The predicted octanol–water partition coefficient (Wildman–Crippen LogP) is 4.39. The fraction of sp³-hybridized carbons (Fsp3) is 0.143. The summed E-state index contributed by atoms with van der Waals surface area (Å²) in [6.45, 7) is 3.74. The van der Waals surface area contributed by atoms with Crippen molar-refractivity contribution in [3.05, 3.63) is 58.9 Å². The lowest BCUT2D eigenvalue weighted by Gasteiger charge is -2.08. The summed E-state index contributed by atoms with van der Waals surface area (Å²) in [6.07, 6.45) is 0.